The van der Waals surface area contributed by atoms with E-state index < -0.39 is 17.5 Å². The first-order valence-electron chi connectivity index (χ1n) is 9.34. The minimum absolute atomic E-state index is 0.0147. The molecule has 4 rings (SSSR count). The lowest BCUT2D eigenvalue weighted by Crippen LogP contribution is -2.47. The van der Waals surface area contributed by atoms with Crippen LogP contribution in [0.25, 0.3) is 0 Å². The van der Waals surface area contributed by atoms with Crippen molar-refractivity contribution < 1.29 is 18.7 Å². The van der Waals surface area contributed by atoms with E-state index in [9.17, 15) is 9.59 Å². The molecule has 0 unspecified atom stereocenters. The Bertz CT molecular complexity index is 986. The van der Waals surface area contributed by atoms with Crippen LogP contribution < -0.4 is 5.32 Å². The second-order valence-electron chi connectivity index (χ2n) is 6.59. The Labute approximate surface area is 177 Å². The average Bonchev–Trinajstić information content (AvgIpc) is 3.32. The zero-order valence-corrected chi connectivity index (χ0v) is 17.1. The molecule has 3 aromatic rings. The van der Waals surface area contributed by atoms with E-state index in [1.807, 2.05) is 60.7 Å². The van der Waals surface area contributed by atoms with E-state index in [2.05, 4.69) is 15.5 Å². The fourth-order valence-corrected chi connectivity index (χ4v) is 4.21. The molecule has 0 radical (unpaired) electrons. The number of ether oxygens (including phenoxy) is 1. The maximum atomic E-state index is 13.2. The predicted octanol–water partition coefficient (Wildman–Crippen LogP) is 2.80. The molecular formula is C21H20N4O4S. The summed E-state index contributed by atoms with van der Waals surface area (Å²) in [5.74, 6) is 0.494. The summed E-state index contributed by atoms with van der Waals surface area (Å²) in [5, 5.41) is 10.9. The summed E-state index contributed by atoms with van der Waals surface area (Å²) in [6.07, 6.45) is 0. The number of amides is 3. The molecule has 30 heavy (non-hydrogen) atoms. The van der Waals surface area contributed by atoms with Crippen molar-refractivity contribution in [1.82, 2.24) is 20.4 Å². The maximum absolute atomic E-state index is 13.2. The van der Waals surface area contributed by atoms with Crippen molar-refractivity contribution in [3.8, 4) is 0 Å². The molecule has 1 saturated heterocycles. The quantitative estimate of drug-likeness (QED) is 0.337. The number of hydrogen-bond acceptors (Lipinski definition) is 7. The highest BCUT2D eigenvalue weighted by atomic mass is 32.2. The Balaban J connectivity index is 1.73. The van der Waals surface area contributed by atoms with Gasteiger partial charge in [0.1, 0.15) is 6.54 Å². The van der Waals surface area contributed by atoms with Gasteiger partial charge >= 0.3 is 6.03 Å². The number of benzene rings is 2. The van der Waals surface area contributed by atoms with Crippen LogP contribution in [-0.4, -0.2) is 46.5 Å². The summed E-state index contributed by atoms with van der Waals surface area (Å²) >= 11 is 1.37. The Hall–Kier alpha value is -3.17. The topological polar surface area (TPSA) is 97.6 Å². The van der Waals surface area contributed by atoms with E-state index in [-0.39, 0.29) is 12.4 Å². The summed E-state index contributed by atoms with van der Waals surface area (Å²) in [6.45, 7) is 0.537. The highest BCUT2D eigenvalue weighted by Crippen LogP contribution is 2.40. The summed E-state index contributed by atoms with van der Waals surface area (Å²) in [5.41, 5.74) is 0.0137. The lowest BCUT2D eigenvalue weighted by molar-refractivity contribution is -0.125. The largest absolute Gasteiger partial charge is 0.414 e. The summed E-state index contributed by atoms with van der Waals surface area (Å²) in [6, 6.07) is 17.9. The Kier molecular flexibility index (Phi) is 5.82. The SMILES string of the molecule is COCCSc1nnc(CN2C(=O)NC(=O)C2(c2ccccc2)c2ccccc2)o1. The molecule has 1 fully saturated rings. The van der Waals surface area contributed by atoms with E-state index in [1.165, 1.54) is 16.7 Å². The number of carbonyl (C=O) groups is 2. The number of nitrogens with one attached hydrogen (secondary N) is 1. The van der Waals surface area contributed by atoms with Gasteiger partial charge in [-0.05, 0) is 11.1 Å². The summed E-state index contributed by atoms with van der Waals surface area (Å²) < 4.78 is 10.7. The third-order valence-corrected chi connectivity index (χ3v) is 5.62. The lowest BCUT2D eigenvalue weighted by atomic mass is 9.81. The van der Waals surface area contributed by atoms with E-state index in [4.69, 9.17) is 9.15 Å². The van der Waals surface area contributed by atoms with Gasteiger partial charge in [0.15, 0.2) is 5.54 Å². The number of imide groups is 1. The summed E-state index contributed by atoms with van der Waals surface area (Å²) in [4.78, 5) is 27.5. The van der Waals surface area contributed by atoms with Crippen molar-refractivity contribution >= 4 is 23.7 Å². The normalized spacial score (nSPS) is 15.4. The zero-order chi connectivity index (χ0) is 21.0. The molecule has 2 aromatic carbocycles. The van der Waals surface area contributed by atoms with Crippen molar-refractivity contribution in [2.75, 3.05) is 19.5 Å². The number of methoxy groups -OCH3 is 1. The molecule has 0 spiro atoms. The fraction of sp³-hybridized carbons (Fsp3) is 0.238. The fourth-order valence-electron chi connectivity index (χ4n) is 3.53. The molecular weight excluding hydrogens is 404 g/mol. The minimum Gasteiger partial charge on any atom is -0.414 e. The van der Waals surface area contributed by atoms with Gasteiger partial charge in [-0.2, -0.15) is 0 Å². The molecule has 1 aliphatic heterocycles. The number of rotatable bonds is 8. The van der Waals surface area contributed by atoms with Crippen LogP contribution in [0.4, 0.5) is 4.79 Å². The molecule has 0 saturated carbocycles. The molecule has 9 heteroatoms. The van der Waals surface area contributed by atoms with Crippen LogP contribution in [0.3, 0.4) is 0 Å². The highest BCUT2D eigenvalue weighted by Gasteiger charge is 2.55. The van der Waals surface area contributed by atoms with Crippen molar-refractivity contribution in [3.05, 3.63) is 77.7 Å². The van der Waals surface area contributed by atoms with Crippen LogP contribution in [0.2, 0.25) is 0 Å². The van der Waals surface area contributed by atoms with Gasteiger partial charge in [-0.3, -0.25) is 15.0 Å². The van der Waals surface area contributed by atoms with Gasteiger partial charge < -0.3 is 9.15 Å². The third kappa shape index (κ3) is 3.57. The Morgan fingerprint density at radius 2 is 1.67 bits per heavy atom. The van der Waals surface area contributed by atoms with Gasteiger partial charge in [0.25, 0.3) is 11.1 Å². The first-order chi connectivity index (χ1) is 14.7. The van der Waals surface area contributed by atoms with E-state index in [0.717, 1.165) is 0 Å². The second kappa shape index (κ2) is 8.68. The van der Waals surface area contributed by atoms with Gasteiger partial charge in [-0.1, -0.05) is 72.4 Å². The first kappa shape index (κ1) is 20.1. The van der Waals surface area contributed by atoms with Crippen LogP contribution >= 0.6 is 11.8 Å². The van der Waals surface area contributed by atoms with E-state index in [1.54, 1.807) is 7.11 Å². The van der Waals surface area contributed by atoms with Gasteiger partial charge in [-0.15, -0.1) is 10.2 Å². The van der Waals surface area contributed by atoms with Gasteiger partial charge in [0.05, 0.1) is 6.61 Å². The number of urea groups is 1. The molecule has 1 aliphatic rings. The number of thioether (sulfide) groups is 1. The van der Waals surface area contributed by atoms with Gasteiger partial charge in [0.2, 0.25) is 5.89 Å². The Morgan fingerprint density at radius 1 is 1.03 bits per heavy atom. The van der Waals surface area contributed by atoms with Crippen molar-refractivity contribution in [1.29, 1.82) is 0 Å². The van der Waals surface area contributed by atoms with Crippen LogP contribution in [0.1, 0.15) is 17.0 Å². The number of hydrogen-bond donors (Lipinski definition) is 1. The molecule has 8 nitrogen and oxygen atoms in total. The minimum atomic E-state index is -1.34. The van der Waals surface area contributed by atoms with Gasteiger partial charge in [-0.25, -0.2) is 4.79 Å². The number of aromatic nitrogens is 2. The molecule has 0 atom stereocenters. The predicted molar refractivity (Wildman–Crippen MR) is 110 cm³/mol. The lowest BCUT2D eigenvalue weighted by Gasteiger charge is -2.35. The molecule has 0 aliphatic carbocycles. The highest BCUT2D eigenvalue weighted by molar-refractivity contribution is 7.99. The van der Waals surface area contributed by atoms with E-state index >= 15 is 0 Å². The molecule has 1 aromatic heterocycles. The Morgan fingerprint density at radius 3 is 2.27 bits per heavy atom. The maximum Gasteiger partial charge on any atom is 0.326 e. The molecule has 154 valence electrons. The standard InChI is InChI=1S/C21H20N4O4S/c1-28-12-13-30-20-24-23-17(29-20)14-25-19(27)22-18(26)21(25,15-8-4-2-5-9-15)16-10-6-3-7-11-16/h2-11H,12-14H2,1H3,(H,22,26,27). The van der Waals surface area contributed by atoms with E-state index in [0.29, 0.717) is 28.7 Å². The monoisotopic (exact) mass is 424 g/mol. The number of nitrogens with zero attached hydrogens (tertiary/aromatic N) is 3. The zero-order valence-electron chi connectivity index (χ0n) is 16.3. The van der Waals surface area contributed by atoms with Crippen LogP contribution in [0.5, 0.6) is 0 Å². The smallest absolute Gasteiger partial charge is 0.326 e. The second-order valence-corrected chi connectivity index (χ2v) is 7.64. The molecule has 3 amide bonds. The van der Waals surface area contributed by atoms with Crippen molar-refractivity contribution in [3.63, 3.8) is 0 Å². The number of carbonyl (C=O) groups excluding carboxylic acids is 2. The van der Waals surface area contributed by atoms with Gasteiger partial charge in [0, 0.05) is 12.9 Å². The summed E-state index contributed by atoms with van der Waals surface area (Å²) in [7, 11) is 1.62. The van der Waals surface area contributed by atoms with Crippen LogP contribution in [-0.2, 0) is 21.6 Å². The first-order valence-corrected chi connectivity index (χ1v) is 10.3. The van der Waals surface area contributed by atoms with Crippen molar-refractivity contribution in [2.24, 2.45) is 0 Å². The molecule has 2 heterocycles. The third-order valence-electron chi connectivity index (χ3n) is 4.84. The van der Waals surface area contributed by atoms with Crippen LogP contribution in [0, 0.1) is 0 Å². The molecule has 1 N–H and O–H groups in total. The molecule has 0 bridgehead atoms. The van der Waals surface area contributed by atoms with Crippen molar-refractivity contribution in [2.45, 2.75) is 17.3 Å². The average molecular weight is 424 g/mol. The van der Waals surface area contributed by atoms with Crippen LogP contribution in [0.15, 0.2) is 70.3 Å².